The Morgan fingerprint density at radius 3 is 2.50 bits per heavy atom. The van der Waals surface area contributed by atoms with Gasteiger partial charge >= 0.3 is 6.18 Å². The van der Waals surface area contributed by atoms with E-state index in [1.807, 2.05) is 0 Å². The topological polar surface area (TPSA) is 61.0 Å². The first-order chi connectivity index (χ1) is 8.47. The molecule has 0 radical (unpaired) electrons. The van der Waals surface area contributed by atoms with Gasteiger partial charge in [-0.25, -0.2) is 9.97 Å². The van der Waals surface area contributed by atoms with Crippen LogP contribution >= 0.6 is 0 Å². The van der Waals surface area contributed by atoms with Crippen LogP contribution in [0.15, 0.2) is 36.8 Å². The zero-order chi connectivity index (χ0) is 13.2. The molecule has 4 nitrogen and oxygen atoms in total. The van der Waals surface area contributed by atoms with E-state index in [9.17, 15) is 13.2 Å². The molecule has 0 aliphatic rings. The standard InChI is InChI=1S/C11H8F3N3O/c12-11(13,14)7-1-2-9(8(15)5-7)18-10-3-4-16-6-17-10/h1-6H,15H2. The molecule has 0 saturated heterocycles. The molecule has 1 heterocycles. The minimum absolute atomic E-state index is 0.108. The molecule has 0 unspecified atom stereocenters. The molecule has 2 N–H and O–H groups in total. The van der Waals surface area contributed by atoms with Crippen LogP contribution < -0.4 is 10.5 Å². The summed E-state index contributed by atoms with van der Waals surface area (Å²) in [5.41, 5.74) is 4.57. The quantitative estimate of drug-likeness (QED) is 0.838. The third-order valence-electron chi connectivity index (χ3n) is 2.11. The molecular weight excluding hydrogens is 247 g/mol. The van der Waals surface area contributed by atoms with Crippen molar-refractivity contribution >= 4 is 5.69 Å². The molecule has 0 bridgehead atoms. The van der Waals surface area contributed by atoms with Crippen LogP contribution in [0.2, 0.25) is 0 Å². The number of benzene rings is 1. The average molecular weight is 255 g/mol. The number of halogens is 3. The predicted octanol–water partition coefficient (Wildman–Crippen LogP) is 2.87. The van der Waals surface area contributed by atoms with Gasteiger partial charge in [-0.05, 0) is 18.2 Å². The third kappa shape index (κ3) is 2.68. The molecule has 0 amide bonds. The molecule has 2 rings (SSSR count). The molecule has 18 heavy (non-hydrogen) atoms. The van der Waals surface area contributed by atoms with Crippen molar-refractivity contribution in [2.24, 2.45) is 0 Å². The van der Waals surface area contributed by atoms with Crippen LogP contribution in [-0.2, 0) is 6.18 Å². The smallest absolute Gasteiger partial charge is 0.416 e. The van der Waals surface area contributed by atoms with Crippen LogP contribution in [-0.4, -0.2) is 9.97 Å². The van der Waals surface area contributed by atoms with E-state index in [4.69, 9.17) is 10.5 Å². The van der Waals surface area contributed by atoms with Gasteiger partial charge in [-0.2, -0.15) is 13.2 Å². The van der Waals surface area contributed by atoms with Crippen LogP contribution in [0.4, 0.5) is 18.9 Å². The van der Waals surface area contributed by atoms with Gasteiger partial charge in [0.1, 0.15) is 6.33 Å². The Kier molecular flexibility index (Phi) is 3.05. The van der Waals surface area contributed by atoms with Crippen LogP contribution in [0.25, 0.3) is 0 Å². The fraction of sp³-hybridized carbons (Fsp3) is 0.0909. The van der Waals surface area contributed by atoms with Crippen molar-refractivity contribution in [1.82, 2.24) is 9.97 Å². The summed E-state index contributed by atoms with van der Waals surface area (Å²) in [5.74, 6) is 0.318. The molecule has 0 atom stereocenters. The number of alkyl halides is 3. The Balaban J connectivity index is 2.26. The number of rotatable bonds is 2. The van der Waals surface area contributed by atoms with Gasteiger partial charge in [-0.15, -0.1) is 0 Å². The van der Waals surface area contributed by atoms with Gasteiger partial charge in [0.15, 0.2) is 5.75 Å². The number of anilines is 1. The van der Waals surface area contributed by atoms with Crippen molar-refractivity contribution in [2.75, 3.05) is 5.73 Å². The lowest BCUT2D eigenvalue weighted by Crippen LogP contribution is -2.06. The van der Waals surface area contributed by atoms with Gasteiger partial charge in [-0.3, -0.25) is 0 Å². The van der Waals surface area contributed by atoms with Gasteiger partial charge in [0.25, 0.3) is 0 Å². The van der Waals surface area contributed by atoms with Gasteiger partial charge in [0, 0.05) is 12.3 Å². The molecule has 94 valence electrons. The number of nitrogens with zero attached hydrogens (tertiary/aromatic N) is 2. The highest BCUT2D eigenvalue weighted by Gasteiger charge is 2.30. The van der Waals surface area contributed by atoms with E-state index in [-0.39, 0.29) is 17.3 Å². The Morgan fingerprint density at radius 2 is 1.94 bits per heavy atom. The molecule has 2 aromatic rings. The highest BCUT2D eigenvalue weighted by molar-refractivity contribution is 5.55. The summed E-state index contributed by atoms with van der Waals surface area (Å²) in [6.07, 6.45) is -1.72. The second-order valence-electron chi connectivity index (χ2n) is 3.40. The van der Waals surface area contributed by atoms with E-state index in [0.717, 1.165) is 18.2 Å². The highest BCUT2D eigenvalue weighted by Crippen LogP contribution is 2.34. The lowest BCUT2D eigenvalue weighted by atomic mass is 10.2. The minimum Gasteiger partial charge on any atom is -0.437 e. The summed E-state index contributed by atoms with van der Waals surface area (Å²) in [6, 6.07) is 4.33. The molecule has 0 saturated carbocycles. The monoisotopic (exact) mass is 255 g/mol. The van der Waals surface area contributed by atoms with Gasteiger partial charge < -0.3 is 10.5 Å². The van der Waals surface area contributed by atoms with E-state index in [1.54, 1.807) is 0 Å². The summed E-state index contributed by atoms with van der Waals surface area (Å²) in [5, 5.41) is 0. The normalized spacial score (nSPS) is 11.3. The number of hydrogen-bond acceptors (Lipinski definition) is 4. The maximum Gasteiger partial charge on any atom is 0.416 e. The fourth-order valence-corrected chi connectivity index (χ4v) is 1.27. The molecule has 1 aromatic carbocycles. The first-order valence-electron chi connectivity index (χ1n) is 4.87. The number of nitrogens with two attached hydrogens (primary N) is 1. The third-order valence-corrected chi connectivity index (χ3v) is 2.11. The zero-order valence-corrected chi connectivity index (χ0v) is 8.98. The summed E-state index contributed by atoms with van der Waals surface area (Å²) in [4.78, 5) is 7.46. The summed E-state index contributed by atoms with van der Waals surface area (Å²) in [6.45, 7) is 0. The van der Waals surface area contributed by atoms with Crippen LogP contribution in [0.1, 0.15) is 5.56 Å². The van der Waals surface area contributed by atoms with E-state index in [0.29, 0.717) is 0 Å². The molecule has 1 aromatic heterocycles. The molecule has 0 spiro atoms. The lowest BCUT2D eigenvalue weighted by Gasteiger charge is -2.11. The number of hydrogen-bond donors (Lipinski definition) is 1. The molecule has 7 heteroatoms. The summed E-state index contributed by atoms with van der Waals surface area (Å²) in [7, 11) is 0. The van der Waals surface area contributed by atoms with Crippen molar-refractivity contribution in [3.63, 3.8) is 0 Å². The Morgan fingerprint density at radius 1 is 1.17 bits per heavy atom. The summed E-state index contributed by atoms with van der Waals surface area (Å²) < 4.78 is 42.5. The average Bonchev–Trinajstić information content (AvgIpc) is 2.32. The van der Waals surface area contributed by atoms with Crippen molar-refractivity contribution < 1.29 is 17.9 Å². The van der Waals surface area contributed by atoms with E-state index >= 15 is 0 Å². The maximum absolute atomic E-state index is 12.4. The highest BCUT2D eigenvalue weighted by atomic mass is 19.4. The largest absolute Gasteiger partial charge is 0.437 e. The van der Waals surface area contributed by atoms with Gasteiger partial charge in [0.05, 0.1) is 11.3 Å². The van der Waals surface area contributed by atoms with Crippen LogP contribution in [0, 0.1) is 0 Å². The molecule has 0 aliphatic carbocycles. The van der Waals surface area contributed by atoms with Crippen molar-refractivity contribution in [1.29, 1.82) is 0 Å². The maximum atomic E-state index is 12.4. The molecular formula is C11H8F3N3O. The number of nitrogen functional groups attached to an aromatic ring is 1. The van der Waals surface area contributed by atoms with Gasteiger partial charge in [0.2, 0.25) is 5.88 Å². The Labute approximate surface area is 100 Å². The molecule has 0 aliphatic heterocycles. The van der Waals surface area contributed by atoms with Crippen LogP contribution in [0.3, 0.4) is 0 Å². The zero-order valence-electron chi connectivity index (χ0n) is 8.98. The Bertz CT molecular complexity index is 543. The van der Waals surface area contributed by atoms with E-state index < -0.39 is 11.7 Å². The van der Waals surface area contributed by atoms with Crippen molar-refractivity contribution in [3.05, 3.63) is 42.4 Å². The van der Waals surface area contributed by atoms with Crippen molar-refractivity contribution in [2.45, 2.75) is 6.18 Å². The Hall–Kier alpha value is -2.31. The second-order valence-corrected chi connectivity index (χ2v) is 3.40. The fourth-order valence-electron chi connectivity index (χ4n) is 1.27. The minimum atomic E-state index is -4.43. The van der Waals surface area contributed by atoms with Crippen LogP contribution in [0.5, 0.6) is 11.6 Å². The lowest BCUT2D eigenvalue weighted by molar-refractivity contribution is -0.137. The van der Waals surface area contributed by atoms with Gasteiger partial charge in [-0.1, -0.05) is 0 Å². The SMILES string of the molecule is Nc1cc(C(F)(F)F)ccc1Oc1ccncn1. The summed E-state index contributed by atoms with van der Waals surface area (Å²) >= 11 is 0. The first-order valence-corrected chi connectivity index (χ1v) is 4.87. The van der Waals surface area contributed by atoms with E-state index in [2.05, 4.69) is 9.97 Å². The number of aromatic nitrogens is 2. The van der Waals surface area contributed by atoms with E-state index in [1.165, 1.54) is 18.6 Å². The number of ether oxygens (including phenoxy) is 1. The second kappa shape index (κ2) is 4.52. The predicted molar refractivity (Wildman–Crippen MR) is 58.0 cm³/mol. The van der Waals surface area contributed by atoms with Crippen molar-refractivity contribution in [3.8, 4) is 11.6 Å². The first kappa shape index (κ1) is 12.2. The molecule has 0 fully saturated rings.